The molecule has 0 radical (unpaired) electrons. The Balaban J connectivity index is 1.74. The van der Waals surface area contributed by atoms with Gasteiger partial charge in [-0.2, -0.15) is 0 Å². The van der Waals surface area contributed by atoms with Crippen LogP contribution in [-0.2, 0) is 23.2 Å². The largest absolute Gasteiger partial charge is 0.371 e. The molecule has 2 aromatic heterocycles. The number of ether oxygens (including phenoxy) is 1. The van der Waals surface area contributed by atoms with Crippen LogP contribution in [0.15, 0.2) is 36.7 Å². The van der Waals surface area contributed by atoms with Crippen molar-refractivity contribution in [1.29, 1.82) is 0 Å². The quantitative estimate of drug-likeness (QED) is 0.715. The molecule has 0 bridgehead atoms. The van der Waals surface area contributed by atoms with Crippen LogP contribution >= 0.6 is 0 Å². The molecule has 0 saturated carbocycles. The third-order valence-electron chi connectivity index (χ3n) is 5.10. The lowest BCUT2D eigenvalue weighted by Gasteiger charge is -2.25. The highest BCUT2D eigenvalue weighted by molar-refractivity contribution is 5.67. The number of pyridine rings is 1. The van der Waals surface area contributed by atoms with Crippen molar-refractivity contribution in [1.82, 2.24) is 19.7 Å². The Labute approximate surface area is 154 Å². The van der Waals surface area contributed by atoms with Crippen molar-refractivity contribution in [2.75, 3.05) is 6.61 Å². The summed E-state index contributed by atoms with van der Waals surface area (Å²) in [5, 5.41) is 8.50. The summed E-state index contributed by atoms with van der Waals surface area (Å²) in [4.78, 5) is 4.46. The summed E-state index contributed by atoms with van der Waals surface area (Å²) >= 11 is 0. The average molecular weight is 348 g/mol. The predicted molar refractivity (Wildman–Crippen MR) is 101 cm³/mol. The van der Waals surface area contributed by atoms with E-state index in [0.717, 1.165) is 35.6 Å². The van der Waals surface area contributed by atoms with Gasteiger partial charge in [0.1, 0.15) is 11.6 Å². The highest BCUT2D eigenvalue weighted by atomic mass is 16.5. The Morgan fingerprint density at radius 2 is 1.92 bits per heavy atom. The molecule has 0 fully saturated rings. The second kappa shape index (κ2) is 6.32. The van der Waals surface area contributed by atoms with E-state index in [0.29, 0.717) is 6.61 Å². The molecule has 3 aromatic rings. The summed E-state index contributed by atoms with van der Waals surface area (Å²) in [7, 11) is 0. The van der Waals surface area contributed by atoms with Crippen LogP contribution in [0.2, 0.25) is 0 Å². The van der Waals surface area contributed by atoms with E-state index in [1.54, 1.807) is 0 Å². The number of benzene rings is 1. The molecule has 1 aliphatic rings. The lowest BCUT2D eigenvalue weighted by Crippen LogP contribution is -2.21. The van der Waals surface area contributed by atoms with Gasteiger partial charge in [0, 0.05) is 36.5 Å². The van der Waals surface area contributed by atoms with Crippen LogP contribution in [0.4, 0.5) is 0 Å². The van der Waals surface area contributed by atoms with E-state index >= 15 is 0 Å². The first kappa shape index (κ1) is 16.9. The maximum absolute atomic E-state index is 5.88. The molecule has 0 aliphatic carbocycles. The molecule has 3 heterocycles. The molecule has 26 heavy (non-hydrogen) atoms. The lowest BCUT2D eigenvalue weighted by molar-refractivity contribution is -0.0142. The number of aryl methyl sites for hydroxylation is 3. The van der Waals surface area contributed by atoms with Gasteiger partial charge in [0.15, 0.2) is 0 Å². The fraction of sp³-hybridized carbons (Fsp3) is 0.381. The molecule has 1 aliphatic heterocycles. The van der Waals surface area contributed by atoms with Crippen LogP contribution in [0.25, 0.3) is 16.8 Å². The minimum atomic E-state index is -0.347. The van der Waals surface area contributed by atoms with E-state index < -0.39 is 0 Å². The van der Waals surface area contributed by atoms with Gasteiger partial charge in [-0.3, -0.25) is 9.55 Å². The third-order valence-corrected chi connectivity index (χ3v) is 5.10. The van der Waals surface area contributed by atoms with Gasteiger partial charge in [-0.1, -0.05) is 6.07 Å². The topological polar surface area (TPSA) is 52.8 Å². The number of hydrogen-bond acceptors (Lipinski definition) is 4. The first-order chi connectivity index (χ1) is 12.5. The molecule has 5 nitrogen and oxygen atoms in total. The molecule has 0 atom stereocenters. The Kier molecular flexibility index (Phi) is 4.11. The normalized spacial score (nSPS) is 13.4. The van der Waals surface area contributed by atoms with Gasteiger partial charge in [0.2, 0.25) is 0 Å². The van der Waals surface area contributed by atoms with Gasteiger partial charge in [-0.15, -0.1) is 10.2 Å². The molecule has 0 unspecified atom stereocenters. The molecule has 1 aromatic carbocycles. The highest BCUT2D eigenvalue weighted by Crippen LogP contribution is 2.32. The standard InChI is InChI=1S/C21H24N4O/c1-5-26-21(3,4)18-11-17(12-22-13-18)15-6-8-19-16(10-15)7-9-20-24-23-14(2)25(19)20/h6,8,10-13H,5,7,9H2,1-4H3. The zero-order valence-electron chi connectivity index (χ0n) is 15.8. The van der Waals surface area contributed by atoms with E-state index in [4.69, 9.17) is 4.74 Å². The summed E-state index contributed by atoms with van der Waals surface area (Å²) in [6.45, 7) is 8.87. The third kappa shape index (κ3) is 2.82. The zero-order chi connectivity index (χ0) is 18.3. The van der Waals surface area contributed by atoms with Gasteiger partial charge >= 0.3 is 0 Å². The molecular formula is C21H24N4O. The van der Waals surface area contributed by atoms with E-state index in [-0.39, 0.29) is 5.60 Å². The fourth-order valence-electron chi connectivity index (χ4n) is 3.68. The van der Waals surface area contributed by atoms with Crippen LogP contribution in [0.1, 0.15) is 43.5 Å². The molecule has 0 saturated heterocycles. The first-order valence-electron chi connectivity index (χ1n) is 9.13. The predicted octanol–water partition coefficient (Wildman–Crippen LogP) is 4.01. The molecule has 5 heteroatoms. The van der Waals surface area contributed by atoms with Crippen LogP contribution in [-0.4, -0.2) is 26.4 Å². The van der Waals surface area contributed by atoms with E-state index in [1.165, 1.54) is 16.8 Å². The Morgan fingerprint density at radius 1 is 1.08 bits per heavy atom. The van der Waals surface area contributed by atoms with Crippen molar-refractivity contribution in [3.63, 3.8) is 0 Å². The molecule has 4 rings (SSSR count). The molecule has 0 amide bonds. The van der Waals surface area contributed by atoms with Gasteiger partial charge in [-0.05, 0) is 63.4 Å². The van der Waals surface area contributed by atoms with Gasteiger partial charge in [0.25, 0.3) is 0 Å². The maximum Gasteiger partial charge on any atom is 0.137 e. The Bertz CT molecular complexity index is 958. The number of nitrogens with zero attached hydrogens (tertiary/aromatic N) is 4. The summed E-state index contributed by atoms with van der Waals surface area (Å²) in [6, 6.07) is 8.78. The van der Waals surface area contributed by atoms with E-state index in [9.17, 15) is 0 Å². The van der Waals surface area contributed by atoms with Crippen LogP contribution in [0.5, 0.6) is 0 Å². The first-order valence-corrected chi connectivity index (χ1v) is 9.13. The van der Waals surface area contributed by atoms with Crippen molar-refractivity contribution in [3.8, 4) is 16.8 Å². The van der Waals surface area contributed by atoms with Crippen molar-refractivity contribution < 1.29 is 4.74 Å². The van der Waals surface area contributed by atoms with Gasteiger partial charge in [0.05, 0.1) is 11.3 Å². The van der Waals surface area contributed by atoms with Gasteiger partial charge in [-0.25, -0.2) is 0 Å². The zero-order valence-corrected chi connectivity index (χ0v) is 15.8. The van der Waals surface area contributed by atoms with Crippen LogP contribution in [0.3, 0.4) is 0 Å². The number of hydrogen-bond donors (Lipinski definition) is 0. The lowest BCUT2D eigenvalue weighted by atomic mass is 9.94. The minimum absolute atomic E-state index is 0.347. The van der Waals surface area contributed by atoms with E-state index in [1.807, 2.05) is 26.2 Å². The summed E-state index contributed by atoms with van der Waals surface area (Å²) < 4.78 is 8.05. The average Bonchev–Trinajstić information content (AvgIpc) is 3.03. The van der Waals surface area contributed by atoms with E-state index in [2.05, 4.69) is 57.9 Å². The van der Waals surface area contributed by atoms with Crippen LogP contribution < -0.4 is 0 Å². The maximum atomic E-state index is 5.88. The molecule has 0 spiro atoms. The van der Waals surface area contributed by atoms with Gasteiger partial charge < -0.3 is 4.74 Å². The second-order valence-corrected chi connectivity index (χ2v) is 7.25. The SMILES string of the molecule is CCOC(C)(C)c1cncc(-c2ccc3c(c2)CCc2nnc(C)n2-3)c1. The minimum Gasteiger partial charge on any atom is -0.371 e. The van der Waals surface area contributed by atoms with Crippen LogP contribution in [0, 0.1) is 6.92 Å². The monoisotopic (exact) mass is 348 g/mol. The Hall–Kier alpha value is -2.53. The second-order valence-electron chi connectivity index (χ2n) is 7.25. The highest BCUT2D eigenvalue weighted by Gasteiger charge is 2.23. The number of rotatable bonds is 4. The van der Waals surface area contributed by atoms with Crippen molar-refractivity contribution in [3.05, 3.63) is 59.4 Å². The molecule has 134 valence electrons. The molecular weight excluding hydrogens is 324 g/mol. The summed E-state index contributed by atoms with van der Waals surface area (Å²) in [5.41, 5.74) is 5.56. The van der Waals surface area contributed by atoms with Crippen molar-refractivity contribution in [2.24, 2.45) is 0 Å². The Morgan fingerprint density at radius 3 is 2.73 bits per heavy atom. The van der Waals surface area contributed by atoms with Crippen molar-refractivity contribution >= 4 is 0 Å². The van der Waals surface area contributed by atoms with Crippen molar-refractivity contribution in [2.45, 2.75) is 46.1 Å². The molecule has 0 N–H and O–H groups in total. The summed E-state index contributed by atoms with van der Waals surface area (Å²) in [6.07, 6.45) is 5.72. The summed E-state index contributed by atoms with van der Waals surface area (Å²) in [5.74, 6) is 1.99. The number of fused-ring (bicyclic) bond motifs is 3. The number of aromatic nitrogens is 4. The smallest absolute Gasteiger partial charge is 0.137 e. The fourth-order valence-corrected chi connectivity index (χ4v) is 3.68.